The number of ether oxygens (including phenoxy) is 2. The second-order valence-corrected chi connectivity index (χ2v) is 12.1. The minimum absolute atomic E-state index is 0.146. The first-order valence-corrected chi connectivity index (χ1v) is 14.9. The third-order valence-electron chi connectivity index (χ3n) is 7.66. The highest BCUT2D eigenvalue weighted by Crippen LogP contribution is 2.35. The van der Waals surface area contributed by atoms with Crippen molar-refractivity contribution in [1.29, 1.82) is 0 Å². The molecule has 1 aliphatic heterocycles. The summed E-state index contributed by atoms with van der Waals surface area (Å²) < 4.78 is 39.0. The lowest BCUT2D eigenvalue weighted by Gasteiger charge is -2.39. The number of nitrogens with zero attached hydrogens (tertiary/aromatic N) is 2. The standard InChI is InChI=1S/C31H33N3O7S/c1-19-5-11-23(12-6-19)42(38,39)34-16-13-24-25(26(40-3)17-20(2)29(24)34)18-32-28(30(36)33-15-14-27(33)35)21-7-9-22(10-8-21)31(37)41-4/h5-13,16-17,27-28,32,35H,14-15,18H2,1-4H3/t27-,28?/m0/s1. The number of hydrogen-bond acceptors (Lipinski definition) is 8. The Balaban J connectivity index is 1.53. The Kier molecular flexibility index (Phi) is 8.09. The molecule has 3 aromatic carbocycles. The number of amides is 1. The zero-order valence-electron chi connectivity index (χ0n) is 23.8. The first-order valence-electron chi connectivity index (χ1n) is 13.5. The maximum Gasteiger partial charge on any atom is 0.337 e. The van der Waals surface area contributed by atoms with E-state index in [4.69, 9.17) is 9.47 Å². The van der Waals surface area contributed by atoms with E-state index in [2.05, 4.69) is 5.32 Å². The van der Waals surface area contributed by atoms with Gasteiger partial charge in [0.15, 0.2) is 0 Å². The molecule has 1 saturated heterocycles. The topological polar surface area (TPSA) is 127 Å². The summed E-state index contributed by atoms with van der Waals surface area (Å²) in [5.41, 5.74) is 3.78. The van der Waals surface area contributed by atoms with Crippen LogP contribution in [0.3, 0.4) is 0 Å². The molecule has 11 heteroatoms. The number of aromatic nitrogens is 1. The second-order valence-electron chi connectivity index (χ2n) is 10.3. The van der Waals surface area contributed by atoms with Gasteiger partial charge in [-0.15, -0.1) is 0 Å². The summed E-state index contributed by atoms with van der Waals surface area (Å²) in [5.74, 6) is -0.275. The van der Waals surface area contributed by atoms with Crippen LogP contribution in [0.1, 0.15) is 45.1 Å². The van der Waals surface area contributed by atoms with Crippen molar-refractivity contribution in [2.45, 2.75) is 44.0 Å². The molecule has 0 bridgehead atoms. The number of likely N-dealkylation sites (tertiary alicyclic amines) is 1. The van der Waals surface area contributed by atoms with E-state index >= 15 is 0 Å². The van der Waals surface area contributed by atoms with Crippen molar-refractivity contribution in [3.05, 3.63) is 94.7 Å². The molecule has 1 fully saturated rings. The number of rotatable bonds is 9. The first-order chi connectivity index (χ1) is 20.1. The van der Waals surface area contributed by atoms with Crippen molar-refractivity contribution < 1.29 is 32.6 Å². The Labute approximate surface area is 244 Å². The maximum absolute atomic E-state index is 13.6. The van der Waals surface area contributed by atoms with Crippen molar-refractivity contribution >= 4 is 32.8 Å². The van der Waals surface area contributed by atoms with E-state index in [1.165, 1.54) is 29.3 Å². The Morgan fingerprint density at radius 3 is 2.31 bits per heavy atom. The van der Waals surface area contributed by atoms with E-state index in [1.807, 2.05) is 13.8 Å². The monoisotopic (exact) mass is 591 g/mol. The van der Waals surface area contributed by atoms with E-state index in [0.717, 1.165) is 5.56 Å². The van der Waals surface area contributed by atoms with Crippen LogP contribution in [0, 0.1) is 13.8 Å². The molecule has 1 aromatic heterocycles. The smallest absolute Gasteiger partial charge is 0.337 e. The van der Waals surface area contributed by atoms with Gasteiger partial charge in [0.2, 0.25) is 5.91 Å². The minimum atomic E-state index is -3.88. The van der Waals surface area contributed by atoms with Gasteiger partial charge in [-0.25, -0.2) is 17.2 Å². The van der Waals surface area contributed by atoms with Gasteiger partial charge in [-0.1, -0.05) is 29.8 Å². The molecule has 0 aliphatic carbocycles. The maximum atomic E-state index is 13.6. The molecular formula is C31H33N3O7S. The molecule has 0 radical (unpaired) electrons. The van der Waals surface area contributed by atoms with Crippen molar-refractivity contribution in [3.8, 4) is 5.75 Å². The largest absolute Gasteiger partial charge is 0.496 e. The van der Waals surface area contributed by atoms with Crippen molar-refractivity contribution in [1.82, 2.24) is 14.2 Å². The Morgan fingerprint density at radius 1 is 1.05 bits per heavy atom. The molecule has 220 valence electrons. The summed E-state index contributed by atoms with van der Waals surface area (Å²) in [6.45, 7) is 4.29. The number of nitrogens with one attached hydrogen (secondary N) is 1. The van der Waals surface area contributed by atoms with Crippen molar-refractivity contribution in [3.63, 3.8) is 0 Å². The molecule has 10 nitrogen and oxygen atoms in total. The third kappa shape index (κ3) is 5.26. The Morgan fingerprint density at radius 2 is 1.74 bits per heavy atom. The molecule has 1 aliphatic rings. The summed E-state index contributed by atoms with van der Waals surface area (Å²) in [4.78, 5) is 27.0. The van der Waals surface area contributed by atoms with Crippen molar-refractivity contribution in [2.75, 3.05) is 20.8 Å². The quantitative estimate of drug-likeness (QED) is 0.283. The number of aliphatic hydroxyl groups is 1. The highest BCUT2D eigenvalue weighted by atomic mass is 32.2. The van der Waals surface area contributed by atoms with E-state index in [9.17, 15) is 23.1 Å². The predicted molar refractivity (Wildman–Crippen MR) is 157 cm³/mol. The van der Waals surface area contributed by atoms with Gasteiger partial charge in [-0.3, -0.25) is 10.1 Å². The van der Waals surface area contributed by atoms with Crippen LogP contribution in [-0.2, 0) is 26.1 Å². The SMILES string of the molecule is COC(=O)c1ccc(C(NCc2c(OC)cc(C)c3c2ccn3S(=O)(=O)c2ccc(C)cc2)C(=O)N2CC[C@@H]2O)cc1. The minimum Gasteiger partial charge on any atom is -0.496 e. The van der Waals surface area contributed by atoms with Crippen LogP contribution in [0.15, 0.2) is 71.8 Å². The molecule has 4 aromatic rings. The number of fused-ring (bicyclic) bond motifs is 1. The van der Waals surface area contributed by atoms with Gasteiger partial charge >= 0.3 is 5.97 Å². The number of carbonyl (C=O) groups is 2. The Hall–Kier alpha value is -4.19. The molecule has 1 unspecified atom stereocenters. The normalized spacial score (nSPS) is 15.7. The van der Waals surface area contributed by atoms with E-state index < -0.39 is 28.3 Å². The molecule has 2 atom stereocenters. The number of benzene rings is 3. The van der Waals surface area contributed by atoms with Gasteiger partial charge in [0, 0.05) is 36.7 Å². The molecule has 2 heterocycles. The van der Waals surface area contributed by atoms with Crippen LogP contribution >= 0.6 is 0 Å². The van der Waals surface area contributed by atoms with Crippen molar-refractivity contribution in [2.24, 2.45) is 0 Å². The van der Waals surface area contributed by atoms with Gasteiger partial charge in [-0.2, -0.15) is 0 Å². The van der Waals surface area contributed by atoms with Gasteiger partial charge in [0.1, 0.15) is 18.0 Å². The summed E-state index contributed by atoms with van der Waals surface area (Å²) in [7, 11) is -1.05. The molecule has 0 spiro atoms. The van der Waals surface area contributed by atoms with Gasteiger partial charge in [0.05, 0.1) is 30.2 Å². The molecule has 0 saturated carbocycles. The number of esters is 1. The lowest BCUT2D eigenvalue weighted by atomic mass is 10.00. The van der Waals surface area contributed by atoms with Gasteiger partial charge in [-0.05, 0) is 61.4 Å². The number of aliphatic hydroxyl groups excluding tert-OH is 1. The van der Waals surface area contributed by atoms with Crippen LogP contribution in [0.5, 0.6) is 5.75 Å². The van der Waals surface area contributed by atoms with E-state index in [1.54, 1.807) is 60.7 Å². The number of methoxy groups -OCH3 is 2. The lowest BCUT2D eigenvalue weighted by Crippen LogP contribution is -2.54. The average Bonchev–Trinajstić information content (AvgIpc) is 3.44. The van der Waals surface area contributed by atoms with Crippen LogP contribution in [0.4, 0.5) is 0 Å². The number of carbonyl (C=O) groups excluding carboxylic acids is 2. The average molecular weight is 592 g/mol. The number of hydrogen-bond donors (Lipinski definition) is 2. The summed E-state index contributed by atoms with van der Waals surface area (Å²) >= 11 is 0. The first kappa shape index (κ1) is 29.3. The molecular weight excluding hydrogens is 558 g/mol. The van der Waals surface area contributed by atoms with E-state index in [-0.39, 0.29) is 17.3 Å². The second kappa shape index (κ2) is 11.6. The molecule has 5 rings (SSSR count). The van der Waals surface area contributed by atoms with Gasteiger partial charge in [0.25, 0.3) is 10.0 Å². The summed E-state index contributed by atoms with van der Waals surface area (Å²) in [5, 5.41) is 14.1. The third-order valence-corrected chi connectivity index (χ3v) is 9.35. The fourth-order valence-corrected chi connectivity index (χ4v) is 6.61. The number of aryl methyl sites for hydroxylation is 2. The van der Waals surface area contributed by atoms with Crippen LogP contribution in [0.25, 0.3) is 10.9 Å². The summed E-state index contributed by atoms with van der Waals surface area (Å²) in [6, 6.07) is 15.8. The Bertz CT molecular complexity index is 1750. The van der Waals surface area contributed by atoms with Crippen LogP contribution in [-0.4, -0.2) is 61.3 Å². The predicted octanol–water partition coefficient (Wildman–Crippen LogP) is 3.67. The molecule has 2 N–H and O–H groups in total. The highest BCUT2D eigenvalue weighted by molar-refractivity contribution is 7.90. The van der Waals surface area contributed by atoms with Crippen LogP contribution in [0.2, 0.25) is 0 Å². The zero-order valence-corrected chi connectivity index (χ0v) is 24.6. The lowest BCUT2D eigenvalue weighted by molar-refractivity contribution is -0.156. The zero-order chi connectivity index (χ0) is 30.2. The van der Waals surface area contributed by atoms with E-state index in [0.29, 0.717) is 51.9 Å². The van der Waals surface area contributed by atoms with Crippen LogP contribution < -0.4 is 10.1 Å². The fraction of sp³-hybridized carbons (Fsp3) is 0.290. The summed E-state index contributed by atoms with van der Waals surface area (Å²) in [6.07, 6.45) is 1.16. The highest BCUT2D eigenvalue weighted by Gasteiger charge is 2.35. The van der Waals surface area contributed by atoms with Gasteiger partial charge < -0.3 is 19.5 Å². The molecule has 42 heavy (non-hydrogen) atoms. The molecule has 1 amide bonds. The fourth-order valence-electron chi connectivity index (χ4n) is 5.20.